The smallest absolute Gasteiger partial charge is 0.368 e. The van der Waals surface area contributed by atoms with E-state index < -0.39 is 0 Å². The van der Waals surface area contributed by atoms with Gasteiger partial charge in [-0.3, -0.25) is 0 Å². The van der Waals surface area contributed by atoms with E-state index in [1.165, 1.54) is 20.5 Å². The molecule has 0 amide bonds. The molecule has 0 unspecified atom stereocenters. The molecule has 0 radical (unpaired) electrons. The van der Waals surface area contributed by atoms with Gasteiger partial charge >= 0.3 is 5.69 Å². The molecule has 7 heteroatoms. The van der Waals surface area contributed by atoms with Crippen molar-refractivity contribution in [1.82, 2.24) is 19.8 Å². The Morgan fingerprint density at radius 2 is 1.72 bits per heavy atom. The van der Waals surface area contributed by atoms with Gasteiger partial charge in [-0.05, 0) is 76.4 Å². The Kier molecular flexibility index (Phi) is 6.07. The van der Waals surface area contributed by atoms with Crippen molar-refractivity contribution in [2.45, 2.75) is 26.9 Å². The lowest BCUT2D eigenvalue weighted by atomic mass is 9.98. The Morgan fingerprint density at radius 1 is 0.969 bits per heavy atom. The van der Waals surface area contributed by atoms with Crippen LogP contribution in [0.25, 0.3) is 16.8 Å². The normalized spacial score (nSPS) is 10.9. The fourth-order valence-corrected chi connectivity index (χ4v) is 3.70. The predicted octanol–water partition coefficient (Wildman–Crippen LogP) is 4.09. The van der Waals surface area contributed by atoms with Crippen LogP contribution in [0, 0.1) is 6.92 Å². The SMILES string of the molecule is CCc1cc(OCc2c(C)cccc2-n2nnn(C)c2=O)ccc1-c1ccc(OC)cc1. The lowest BCUT2D eigenvalue weighted by Gasteiger charge is -2.15. The van der Waals surface area contributed by atoms with E-state index in [-0.39, 0.29) is 5.69 Å². The van der Waals surface area contributed by atoms with E-state index >= 15 is 0 Å². The highest BCUT2D eigenvalue weighted by Crippen LogP contribution is 2.30. The third-order valence-electron chi connectivity index (χ3n) is 5.58. The van der Waals surface area contributed by atoms with Crippen LogP contribution in [0.1, 0.15) is 23.6 Å². The molecule has 0 N–H and O–H groups in total. The quantitative estimate of drug-likeness (QED) is 0.442. The fourth-order valence-electron chi connectivity index (χ4n) is 3.70. The molecule has 0 aliphatic heterocycles. The van der Waals surface area contributed by atoms with Gasteiger partial charge < -0.3 is 9.47 Å². The molecule has 0 atom stereocenters. The molecule has 0 spiro atoms. The van der Waals surface area contributed by atoms with E-state index in [0.717, 1.165) is 34.6 Å². The van der Waals surface area contributed by atoms with E-state index in [4.69, 9.17) is 9.47 Å². The Hall–Kier alpha value is -3.87. The zero-order valence-corrected chi connectivity index (χ0v) is 18.7. The summed E-state index contributed by atoms with van der Waals surface area (Å²) in [6, 6.07) is 19.9. The zero-order valence-electron chi connectivity index (χ0n) is 18.7. The molecule has 0 saturated carbocycles. The topological polar surface area (TPSA) is 71.2 Å². The lowest BCUT2D eigenvalue weighted by molar-refractivity contribution is 0.304. The van der Waals surface area contributed by atoms with Crippen LogP contribution in [0.15, 0.2) is 65.5 Å². The largest absolute Gasteiger partial charge is 0.497 e. The molecule has 0 aliphatic carbocycles. The van der Waals surface area contributed by atoms with Gasteiger partial charge in [0.1, 0.15) is 18.1 Å². The third-order valence-corrected chi connectivity index (χ3v) is 5.58. The number of hydrogen-bond donors (Lipinski definition) is 0. The average Bonchev–Trinajstić information content (AvgIpc) is 3.16. The number of rotatable bonds is 7. The lowest BCUT2D eigenvalue weighted by Crippen LogP contribution is -2.23. The van der Waals surface area contributed by atoms with Gasteiger partial charge in [0, 0.05) is 12.6 Å². The van der Waals surface area contributed by atoms with Crippen LogP contribution < -0.4 is 15.2 Å². The van der Waals surface area contributed by atoms with Gasteiger partial charge in [0.2, 0.25) is 0 Å². The number of hydrogen-bond acceptors (Lipinski definition) is 5. The maximum atomic E-state index is 12.4. The van der Waals surface area contributed by atoms with Crippen molar-refractivity contribution in [2.75, 3.05) is 7.11 Å². The molecule has 0 aliphatic rings. The summed E-state index contributed by atoms with van der Waals surface area (Å²) in [5, 5.41) is 7.80. The molecular weight excluding hydrogens is 404 g/mol. The standard InChI is InChI=1S/C25H26N4O3/c1-5-18-15-21(13-14-22(18)19-9-11-20(31-4)12-10-19)32-16-23-17(2)7-6-8-24(23)29-25(30)28(3)26-27-29/h6-15H,5,16H2,1-4H3. The minimum absolute atomic E-state index is 0.297. The van der Waals surface area contributed by atoms with Gasteiger partial charge in [-0.15, -0.1) is 0 Å². The van der Waals surface area contributed by atoms with Crippen LogP contribution in [-0.2, 0) is 20.1 Å². The highest BCUT2D eigenvalue weighted by molar-refractivity contribution is 5.69. The molecule has 164 valence electrons. The van der Waals surface area contributed by atoms with E-state index in [1.807, 2.05) is 43.3 Å². The summed E-state index contributed by atoms with van der Waals surface area (Å²) in [5.74, 6) is 1.61. The second kappa shape index (κ2) is 9.09. The van der Waals surface area contributed by atoms with Crippen LogP contribution in [0.3, 0.4) is 0 Å². The van der Waals surface area contributed by atoms with Crippen LogP contribution in [0.2, 0.25) is 0 Å². The first-order chi connectivity index (χ1) is 15.5. The summed E-state index contributed by atoms with van der Waals surface area (Å²) in [4.78, 5) is 12.4. The monoisotopic (exact) mass is 430 g/mol. The number of aryl methyl sites for hydroxylation is 3. The molecule has 1 aromatic heterocycles. The number of nitrogens with zero attached hydrogens (tertiary/aromatic N) is 4. The molecule has 1 heterocycles. The summed E-state index contributed by atoms with van der Waals surface area (Å²) in [6.45, 7) is 4.44. The summed E-state index contributed by atoms with van der Waals surface area (Å²) in [6.07, 6.45) is 0.878. The molecule has 0 saturated heterocycles. The van der Waals surface area contributed by atoms with E-state index in [1.54, 1.807) is 14.2 Å². The summed E-state index contributed by atoms with van der Waals surface area (Å²) >= 11 is 0. The average molecular weight is 431 g/mol. The second-order valence-electron chi connectivity index (χ2n) is 7.56. The zero-order chi connectivity index (χ0) is 22.7. The van der Waals surface area contributed by atoms with Crippen LogP contribution in [0.5, 0.6) is 11.5 Å². The summed E-state index contributed by atoms with van der Waals surface area (Å²) < 4.78 is 13.9. The second-order valence-corrected chi connectivity index (χ2v) is 7.56. The summed E-state index contributed by atoms with van der Waals surface area (Å²) in [5.41, 5.74) is 5.80. The molecule has 4 aromatic rings. The van der Waals surface area contributed by atoms with Crippen LogP contribution >= 0.6 is 0 Å². The predicted molar refractivity (Wildman–Crippen MR) is 123 cm³/mol. The van der Waals surface area contributed by atoms with Crippen molar-refractivity contribution in [3.05, 3.63) is 87.8 Å². The van der Waals surface area contributed by atoms with Gasteiger partial charge in [0.25, 0.3) is 0 Å². The Labute approximate surface area is 186 Å². The van der Waals surface area contributed by atoms with Crippen molar-refractivity contribution in [3.63, 3.8) is 0 Å². The minimum atomic E-state index is -0.297. The Balaban J connectivity index is 1.61. The Bertz CT molecular complexity index is 1290. The molecule has 0 fully saturated rings. The van der Waals surface area contributed by atoms with Crippen molar-refractivity contribution in [2.24, 2.45) is 7.05 Å². The van der Waals surface area contributed by atoms with Crippen LogP contribution in [-0.4, -0.2) is 26.9 Å². The molecule has 4 rings (SSSR count). The van der Waals surface area contributed by atoms with Crippen molar-refractivity contribution < 1.29 is 9.47 Å². The Morgan fingerprint density at radius 3 is 2.38 bits per heavy atom. The molecule has 0 bridgehead atoms. The van der Waals surface area contributed by atoms with Gasteiger partial charge in [0.05, 0.1) is 12.8 Å². The van der Waals surface area contributed by atoms with Gasteiger partial charge in [0.15, 0.2) is 0 Å². The maximum absolute atomic E-state index is 12.4. The fraction of sp³-hybridized carbons (Fsp3) is 0.240. The molecular formula is C25H26N4O3. The molecule has 32 heavy (non-hydrogen) atoms. The third kappa shape index (κ3) is 4.14. The van der Waals surface area contributed by atoms with Crippen molar-refractivity contribution >= 4 is 0 Å². The minimum Gasteiger partial charge on any atom is -0.497 e. The highest BCUT2D eigenvalue weighted by atomic mass is 16.5. The first kappa shape index (κ1) is 21.4. The van der Waals surface area contributed by atoms with E-state index in [0.29, 0.717) is 12.3 Å². The first-order valence-electron chi connectivity index (χ1n) is 10.5. The van der Waals surface area contributed by atoms with E-state index in [2.05, 4.69) is 41.6 Å². The maximum Gasteiger partial charge on any atom is 0.368 e. The highest BCUT2D eigenvalue weighted by Gasteiger charge is 2.14. The van der Waals surface area contributed by atoms with Crippen LogP contribution in [0.4, 0.5) is 0 Å². The number of methoxy groups -OCH3 is 1. The first-order valence-corrected chi connectivity index (χ1v) is 10.5. The number of ether oxygens (including phenoxy) is 2. The van der Waals surface area contributed by atoms with Gasteiger partial charge in [-0.2, -0.15) is 9.36 Å². The molecule has 7 nitrogen and oxygen atoms in total. The van der Waals surface area contributed by atoms with Gasteiger partial charge in [-0.25, -0.2) is 4.79 Å². The van der Waals surface area contributed by atoms with E-state index in [9.17, 15) is 4.79 Å². The van der Waals surface area contributed by atoms with Crippen molar-refractivity contribution in [1.29, 1.82) is 0 Å². The number of aromatic nitrogens is 4. The molecule has 3 aromatic carbocycles. The summed E-state index contributed by atoms with van der Waals surface area (Å²) in [7, 11) is 3.24. The van der Waals surface area contributed by atoms with Gasteiger partial charge in [-0.1, -0.05) is 37.3 Å². The van der Waals surface area contributed by atoms with Crippen molar-refractivity contribution in [3.8, 4) is 28.3 Å². The number of tetrazole rings is 1. The number of benzene rings is 3.